The van der Waals surface area contributed by atoms with Crippen molar-refractivity contribution in [3.05, 3.63) is 22.6 Å². The fourth-order valence-electron chi connectivity index (χ4n) is 1.22. The molecule has 2 aromatic rings. The molecule has 17 heavy (non-hydrogen) atoms. The van der Waals surface area contributed by atoms with Crippen molar-refractivity contribution in [2.24, 2.45) is 0 Å². The summed E-state index contributed by atoms with van der Waals surface area (Å²) in [7, 11) is 0. The Labute approximate surface area is 109 Å². The maximum atomic E-state index is 5.89. The molecule has 0 aliphatic heterocycles. The van der Waals surface area contributed by atoms with Crippen molar-refractivity contribution < 1.29 is 4.42 Å². The van der Waals surface area contributed by atoms with Gasteiger partial charge in [0.25, 0.3) is 0 Å². The van der Waals surface area contributed by atoms with E-state index in [0.29, 0.717) is 11.8 Å². The molecule has 2 aromatic heterocycles. The Hall–Kier alpha value is -0.910. The third-order valence-electron chi connectivity index (χ3n) is 2.09. The minimum atomic E-state index is 0.0686. The van der Waals surface area contributed by atoms with E-state index in [-0.39, 0.29) is 5.54 Å². The summed E-state index contributed by atoms with van der Waals surface area (Å²) in [6.45, 7) is 7.04. The van der Waals surface area contributed by atoms with E-state index < -0.39 is 0 Å². The summed E-state index contributed by atoms with van der Waals surface area (Å²) >= 11 is 7.41. The zero-order valence-electron chi connectivity index (χ0n) is 9.95. The molecule has 0 aliphatic carbocycles. The molecule has 0 aromatic carbocycles. The molecule has 0 saturated heterocycles. The highest BCUT2D eigenvalue weighted by atomic mass is 35.5. The van der Waals surface area contributed by atoms with Crippen LogP contribution in [0.2, 0.25) is 5.22 Å². The lowest BCUT2D eigenvalue weighted by Crippen LogP contribution is -2.35. The Balaban J connectivity index is 2.09. The number of hydrogen-bond donors (Lipinski definition) is 1. The number of rotatable bonds is 3. The lowest BCUT2D eigenvalue weighted by atomic mass is 10.1. The van der Waals surface area contributed by atoms with Crippen LogP contribution in [-0.2, 0) is 6.54 Å². The molecule has 0 bridgehead atoms. The third-order valence-corrected chi connectivity index (χ3v) is 3.33. The van der Waals surface area contributed by atoms with Crippen LogP contribution < -0.4 is 5.32 Å². The van der Waals surface area contributed by atoms with Gasteiger partial charge in [0, 0.05) is 5.54 Å². The van der Waals surface area contributed by atoms with E-state index in [1.165, 1.54) is 11.3 Å². The first-order chi connectivity index (χ1) is 7.96. The molecular formula is C11H14ClN3OS. The summed E-state index contributed by atoms with van der Waals surface area (Å²) in [6.07, 6.45) is 1.55. The van der Waals surface area contributed by atoms with Crippen LogP contribution in [0.3, 0.4) is 0 Å². The first-order valence-corrected chi connectivity index (χ1v) is 6.46. The van der Waals surface area contributed by atoms with Crippen LogP contribution in [0.25, 0.3) is 10.6 Å². The fourth-order valence-corrected chi connectivity index (χ4v) is 2.28. The molecule has 0 spiro atoms. The zero-order chi connectivity index (χ0) is 12.5. The summed E-state index contributed by atoms with van der Waals surface area (Å²) in [6, 6.07) is 1.80. The van der Waals surface area contributed by atoms with Crippen molar-refractivity contribution in [2.45, 2.75) is 32.9 Å². The highest BCUT2D eigenvalue weighted by Crippen LogP contribution is 2.30. The normalized spacial score (nSPS) is 12.0. The summed E-state index contributed by atoms with van der Waals surface area (Å²) in [5, 5.41) is 13.7. The molecule has 0 saturated carbocycles. The third kappa shape index (κ3) is 3.28. The van der Waals surface area contributed by atoms with Crippen LogP contribution in [0.5, 0.6) is 0 Å². The minimum Gasteiger partial charge on any atom is -0.452 e. The lowest BCUT2D eigenvalue weighted by Gasteiger charge is -2.19. The number of hydrogen-bond acceptors (Lipinski definition) is 5. The maximum absolute atomic E-state index is 5.89. The van der Waals surface area contributed by atoms with Crippen LogP contribution in [0.15, 0.2) is 16.7 Å². The van der Waals surface area contributed by atoms with Gasteiger partial charge in [-0.05, 0) is 38.4 Å². The predicted molar refractivity (Wildman–Crippen MR) is 69.2 cm³/mol. The van der Waals surface area contributed by atoms with Gasteiger partial charge in [-0.3, -0.25) is 0 Å². The number of nitrogens with one attached hydrogen (secondary N) is 1. The van der Waals surface area contributed by atoms with Gasteiger partial charge >= 0.3 is 0 Å². The lowest BCUT2D eigenvalue weighted by molar-refractivity contribution is 0.423. The summed E-state index contributed by atoms with van der Waals surface area (Å²) < 4.78 is 5.03. The first-order valence-electron chi connectivity index (χ1n) is 5.26. The first kappa shape index (κ1) is 12.5. The van der Waals surface area contributed by atoms with E-state index in [2.05, 4.69) is 36.3 Å². The van der Waals surface area contributed by atoms with E-state index in [1.54, 1.807) is 12.3 Å². The molecule has 2 heterocycles. The van der Waals surface area contributed by atoms with Crippen molar-refractivity contribution in [3.63, 3.8) is 0 Å². The topological polar surface area (TPSA) is 51.0 Å². The van der Waals surface area contributed by atoms with Crippen LogP contribution in [0.4, 0.5) is 0 Å². The molecule has 0 aliphatic rings. The zero-order valence-corrected chi connectivity index (χ0v) is 11.5. The Morgan fingerprint density at radius 2 is 2.18 bits per heavy atom. The van der Waals surface area contributed by atoms with Crippen LogP contribution in [0.1, 0.15) is 25.8 Å². The summed E-state index contributed by atoms with van der Waals surface area (Å²) in [5.74, 6) is 0. The van der Waals surface area contributed by atoms with Crippen LogP contribution >= 0.6 is 22.9 Å². The van der Waals surface area contributed by atoms with Crippen molar-refractivity contribution >= 4 is 22.9 Å². The van der Waals surface area contributed by atoms with E-state index >= 15 is 0 Å². The Morgan fingerprint density at radius 3 is 2.76 bits per heavy atom. The van der Waals surface area contributed by atoms with Crippen molar-refractivity contribution in [1.82, 2.24) is 15.5 Å². The van der Waals surface area contributed by atoms with Gasteiger partial charge in [-0.25, -0.2) is 0 Å². The molecule has 0 unspecified atom stereocenters. The number of aromatic nitrogens is 2. The second kappa shape index (κ2) is 4.76. The molecule has 1 N–H and O–H groups in total. The van der Waals surface area contributed by atoms with Gasteiger partial charge in [-0.1, -0.05) is 11.3 Å². The molecule has 0 fully saturated rings. The van der Waals surface area contributed by atoms with Crippen LogP contribution in [0, 0.1) is 0 Å². The second-order valence-corrected chi connectivity index (χ2v) is 6.12. The van der Waals surface area contributed by atoms with Crippen LogP contribution in [-0.4, -0.2) is 15.7 Å². The van der Waals surface area contributed by atoms with E-state index in [4.69, 9.17) is 16.0 Å². The molecule has 92 valence electrons. The average Bonchev–Trinajstić information content (AvgIpc) is 2.81. The smallest absolute Gasteiger partial charge is 0.203 e. The summed E-state index contributed by atoms with van der Waals surface area (Å²) in [5.41, 5.74) is 0.866. The van der Waals surface area contributed by atoms with Crippen molar-refractivity contribution in [1.29, 1.82) is 0 Å². The number of nitrogens with zero attached hydrogens (tertiary/aromatic N) is 2. The van der Waals surface area contributed by atoms with Crippen molar-refractivity contribution in [2.75, 3.05) is 0 Å². The second-order valence-electron chi connectivity index (χ2n) is 4.71. The fraction of sp³-hybridized carbons (Fsp3) is 0.455. The van der Waals surface area contributed by atoms with E-state index in [1.807, 2.05) is 0 Å². The highest BCUT2D eigenvalue weighted by molar-refractivity contribution is 7.14. The summed E-state index contributed by atoms with van der Waals surface area (Å²) in [4.78, 5) is 0. The molecule has 6 heteroatoms. The van der Waals surface area contributed by atoms with Gasteiger partial charge in [0.15, 0.2) is 5.01 Å². The molecule has 4 nitrogen and oxygen atoms in total. The standard InChI is InChI=1S/C11H14ClN3OS/c1-11(2,3)13-6-8-14-15-10(17-8)7-4-5-16-9(7)12/h4-5,13H,6H2,1-3H3. The Morgan fingerprint density at radius 1 is 1.41 bits per heavy atom. The highest BCUT2D eigenvalue weighted by Gasteiger charge is 2.14. The molecule has 0 amide bonds. The molecular weight excluding hydrogens is 258 g/mol. The maximum Gasteiger partial charge on any atom is 0.203 e. The van der Waals surface area contributed by atoms with Gasteiger partial charge in [-0.15, -0.1) is 10.2 Å². The minimum absolute atomic E-state index is 0.0686. The van der Waals surface area contributed by atoms with Gasteiger partial charge in [0.2, 0.25) is 5.22 Å². The molecule has 2 rings (SSSR count). The van der Waals surface area contributed by atoms with Gasteiger partial charge in [0.05, 0.1) is 18.4 Å². The quantitative estimate of drug-likeness (QED) is 0.930. The Kier molecular flexibility index (Phi) is 3.51. The number of furan rings is 1. The van der Waals surface area contributed by atoms with Gasteiger partial charge in [-0.2, -0.15) is 0 Å². The van der Waals surface area contributed by atoms with E-state index in [0.717, 1.165) is 15.6 Å². The van der Waals surface area contributed by atoms with E-state index in [9.17, 15) is 0 Å². The van der Waals surface area contributed by atoms with Gasteiger partial charge < -0.3 is 9.73 Å². The number of halogens is 1. The predicted octanol–water partition coefficient (Wildman–Crippen LogP) is 3.34. The average molecular weight is 272 g/mol. The largest absolute Gasteiger partial charge is 0.452 e. The Bertz CT molecular complexity index is 501. The SMILES string of the molecule is CC(C)(C)NCc1nnc(-c2ccoc2Cl)s1. The van der Waals surface area contributed by atoms with Crippen molar-refractivity contribution in [3.8, 4) is 10.6 Å². The van der Waals surface area contributed by atoms with Gasteiger partial charge in [0.1, 0.15) is 5.01 Å². The monoisotopic (exact) mass is 271 g/mol. The molecule has 0 radical (unpaired) electrons. The molecule has 0 atom stereocenters.